The lowest BCUT2D eigenvalue weighted by atomic mass is 10.1. The van der Waals surface area contributed by atoms with Crippen molar-refractivity contribution in [2.45, 2.75) is 16.7 Å². The molecule has 3 rings (SSSR count). The van der Waals surface area contributed by atoms with Gasteiger partial charge < -0.3 is 5.11 Å². The molecule has 0 radical (unpaired) electrons. The lowest BCUT2D eigenvalue weighted by Gasteiger charge is -2.09. The number of rotatable bonds is 2. The molecule has 3 aromatic carbocycles. The topological polar surface area (TPSA) is 44.0 Å². The molecule has 0 fully saturated rings. The van der Waals surface area contributed by atoms with Gasteiger partial charge in [0.05, 0.1) is 5.56 Å². The van der Waals surface area contributed by atoms with Crippen LogP contribution in [-0.4, -0.2) is 5.11 Å². The fourth-order valence-corrected chi connectivity index (χ4v) is 3.29. The van der Waals surface area contributed by atoms with Crippen LogP contribution in [0.2, 0.25) is 0 Å². The Morgan fingerprint density at radius 1 is 0.952 bits per heavy atom. The Labute approximate surface area is 127 Å². The van der Waals surface area contributed by atoms with E-state index in [1.54, 1.807) is 17.8 Å². The van der Waals surface area contributed by atoms with E-state index in [0.717, 1.165) is 26.1 Å². The zero-order valence-corrected chi connectivity index (χ0v) is 12.3. The molecule has 0 amide bonds. The van der Waals surface area contributed by atoms with Crippen molar-refractivity contribution in [1.29, 1.82) is 5.26 Å². The van der Waals surface area contributed by atoms with Gasteiger partial charge in [0.2, 0.25) is 0 Å². The van der Waals surface area contributed by atoms with E-state index >= 15 is 0 Å². The smallest absolute Gasteiger partial charge is 0.123 e. The summed E-state index contributed by atoms with van der Waals surface area (Å²) in [6, 6.07) is 19.4. The van der Waals surface area contributed by atoms with Crippen molar-refractivity contribution in [3.8, 4) is 11.8 Å². The van der Waals surface area contributed by atoms with Crippen molar-refractivity contribution < 1.29 is 5.11 Å². The summed E-state index contributed by atoms with van der Waals surface area (Å²) < 4.78 is 0. The molecular formula is C18H13NOS. The van der Waals surface area contributed by atoms with Gasteiger partial charge in [-0.05, 0) is 42.1 Å². The van der Waals surface area contributed by atoms with Gasteiger partial charge in [-0.1, -0.05) is 42.1 Å². The van der Waals surface area contributed by atoms with Crippen LogP contribution in [0.5, 0.6) is 5.75 Å². The predicted molar refractivity (Wildman–Crippen MR) is 85.6 cm³/mol. The standard InChI is InChI=1S/C18H13NOS/c1-12-6-8-17(13(10-12)11-19)21-18-9-7-16(20)14-4-2-3-5-15(14)18/h2-10,20H,1H3. The Morgan fingerprint density at radius 3 is 2.43 bits per heavy atom. The fraction of sp³-hybridized carbons (Fsp3) is 0.0556. The van der Waals surface area contributed by atoms with Gasteiger partial charge >= 0.3 is 0 Å². The summed E-state index contributed by atoms with van der Waals surface area (Å²) in [6.07, 6.45) is 0. The van der Waals surface area contributed by atoms with Crippen LogP contribution in [0.1, 0.15) is 11.1 Å². The number of phenolic OH excluding ortho intramolecular Hbond substituents is 1. The first-order valence-electron chi connectivity index (χ1n) is 6.58. The minimum absolute atomic E-state index is 0.277. The molecule has 102 valence electrons. The fourth-order valence-electron chi connectivity index (χ4n) is 2.28. The van der Waals surface area contributed by atoms with Crippen molar-refractivity contribution in [3.63, 3.8) is 0 Å². The minimum atomic E-state index is 0.277. The van der Waals surface area contributed by atoms with Crippen LogP contribution in [0.25, 0.3) is 10.8 Å². The number of hydrogen-bond donors (Lipinski definition) is 1. The molecule has 3 aromatic rings. The van der Waals surface area contributed by atoms with Gasteiger partial charge in [-0.15, -0.1) is 0 Å². The number of aryl methyl sites for hydroxylation is 1. The summed E-state index contributed by atoms with van der Waals surface area (Å²) in [5, 5.41) is 21.0. The summed E-state index contributed by atoms with van der Waals surface area (Å²) >= 11 is 1.55. The van der Waals surface area contributed by atoms with E-state index in [1.807, 2.05) is 55.5 Å². The second-order valence-corrected chi connectivity index (χ2v) is 5.93. The number of nitriles is 1. The van der Waals surface area contributed by atoms with Crippen molar-refractivity contribution in [3.05, 3.63) is 65.7 Å². The number of nitrogens with zero attached hydrogens (tertiary/aromatic N) is 1. The van der Waals surface area contributed by atoms with Crippen molar-refractivity contribution >= 4 is 22.5 Å². The number of aromatic hydroxyl groups is 1. The SMILES string of the molecule is Cc1ccc(Sc2ccc(O)c3ccccc23)c(C#N)c1. The van der Waals surface area contributed by atoms with Crippen LogP contribution >= 0.6 is 11.8 Å². The molecule has 0 aliphatic carbocycles. The first kappa shape index (κ1) is 13.5. The molecule has 0 aliphatic heterocycles. The maximum absolute atomic E-state index is 9.94. The van der Waals surface area contributed by atoms with Crippen LogP contribution in [0, 0.1) is 18.3 Å². The molecule has 0 aromatic heterocycles. The zero-order valence-electron chi connectivity index (χ0n) is 11.5. The highest BCUT2D eigenvalue weighted by molar-refractivity contribution is 7.99. The molecule has 0 saturated heterocycles. The molecule has 3 heteroatoms. The Kier molecular flexibility index (Phi) is 3.55. The third-order valence-corrected chi connectivity index (χ3v) is 4.49. The first-order chi connectivity index (χ1) is 10.2. The second kappa shape index (κ2) is 5.51. The third kappa shape index (κ3) is 2.58. The summed E-state index contributed by atoms with van der Waals surface area (Å²) in [5.74, 6) is 0.277. The average Bonchev–Trinajstić information content (AvgIpc) is 2.52. The van der Waals surface area contributed by atoms with E-state index < -0.39 is 0 Å². The van der Waals surface area contributed by atoms with E-state index in [-0.39, 0.29) is 5.75 Å². The largest absolute Gasteiger partial charge is 0.507 e. The lowest BCUT2D eigenvalue weighted by molar-refractivity contribution is 0.481. The number of fused-ring (bicyclic) bond motifs is 1. The van der Waals surface area contributed by atoms with Gasteiger partial charge in [0.1, 0.15) is 11.8 Å². The first-order valence-corrected chi connectivity index (χ1v) is 7.40. The maximum Gasteiger partial charge on any atom is 0.123 e. The Hall–Kier alpha value is -2.44. The lowest BCUT2D eigenvalue weighted by Crippen LogP contribution is -1.84. The van der Waals surface area contributed by atoms with Gasteiger partial charge in [0, 0.05) is 15.2 Å². The maximum atomic E-state index is 9.94. The number of benzene rings is 3. The zero-order chi connectivity index (χ0) is 14.8. The Morgan fingerprint density at radius 2 is 1.67 bits per heavy atom. The van der Waals surface area contributed by atoms with Crippen LogP contribution < -0.4 is 0 Å². The molecule has 0 bridgehead atoms. The number of hydrogen-bond acceptors (Lipinski definition) is 3. The molecule has 0 aliphatic rings. The molecule has 0 atom stereocenters. The van der Waals surface area contributed by atoms with Gasteiger partial charge in [-0.2, -0.15) is 5.26 Å². The third-order valence-electron chi connectivity index (χ3n) is 3.34. The molecular weight excluding hydrogens is 278 g/mol. The summed E-state index contributed by atoms with van der Waals surface area (Å²) in [7, 11) is 0. The van der Waals surface area contributed by atoms with Crippen molar-refractivity contribution in [2.24, 2.45) is 0 Å². The van der Waals surface area contributed by atoms with E-state index in [1.165, 1.54) is 0 Å². The van der Waals surface area contributed by atoms with Crippen molar-refractivity contribution in [2.75, 3.05) is 0 Å². The minimum Gasteiger partial charge on any atom is -0.507 e. The summed E-state index contributed by atoms with van der Waals surface area (Å²) in [4.78, 5) is 1.96. The van der Waals surface area contributed by atoms with Gasteiger partial charge in [0.25, 0.3) is 0 Å². The Balaban J connectivity index is 2.11. The van der Waals surface area contributed by atoms with Crippen molar-refractivity contribution in [1.82, 2.24) is 0 Å². The van der Waals surface area contributed by atoms with Crippen LogP contribution in [0.4, 0.5) is 0 Å². The highest BCUT2D eigenvalue weighted by atomic mass is 32.2. The normalized spacial score (nSPS) is 10.5. The van der Waals surface area contributed by atoms with Gasteiger partial charge in [0.15, 0.2) is 0 Å². The van der Waals surface area contributed by atoms with Crippen LogP contribution in [0.15, 0.2) is 64.4 Å². The highest BCUT2D eigenvalue weighted by Gasteiger charge is 2.09. The van der Waals surface area contributed by atoms with E-state index in [9.17, 15) is 10.4 Å². The van der Waals surface area contributed by atoms with Crippen LogP contribution in [0.3, 0.4) is 0 Å². The quantitative estimate of drug-likeness (QED) is 0.732. The Bertz CT molecular complexity index is 865. The van der Waals surface area contributed by atoms with Gasteiger partial charge in [-0.25, -0.2) is 0 Å². The highest BCUT2D eigenvalue weighted by Crippen LogP contribution is 2.38. The molecule has 0 saturated carbocycles. The molecule has 2 nitrogen and oxygen atoms in total. The van der Waals surface area contributed by atoms with E-state index in [2.05, 4.69) is 6.07 Å². The second-order valence-electron chi connectivity index (χ2n) is 4.84. The molecule has 21 heavy (non-hydrogen) atoms. The number of phenols is 1. The molecule has 0 unspecified atom stereocenters. The monoisotopic (exact) mass is 291 g/mol. The van der Waals surface area contributed by atoms with E-state index in [4.69, 9.17) is 0 Å². The van der Waals surface area contributed by atoms with Gasteiger partial charge in [-0.3, -0.25) is 0 Å². The molecule has 0 heterocycles. The molecule has 0 spiro atoms. The predicted octanol–water partition coefficient (Wildman–Crippen LogP) is 4.88. The molecule has 1 N–H and O–H groups in total. The van der Waals surface area contributed by atoms with Crippen LogP contribution in [-0.2, 0) is 0 Å². The average molecular weight is 291 g/mol. The van der Waals surface area contributed by atoms with E-state index in [0.29, 0.717) is 5.56 Å². The summed E-state index contributed by atoms with van der Waals surface area (Å²) in [6.45, 7) is 1.98. The summed E-state index contributed by atoms with van der Waals surface area (Å²) in [5.41, 5.74) is 1.75.